The topological polar surface area (TPSA) is 77.8 Å². The van der Waals surface area contributed by atoms with Gasteiger partial charge in [0.2, 0.25) is 0 Å². The molecule has 0 saturated carbocycles. The Hall–Kier alpha value is -4.06. The van der Waals surface area contributed by atoms with Crippen molar-refractivity contribution in [2.75, 3.05) is 19.5 Å². The smallest absolute Gasteiger partial charge is 0.263 e. The van der Waals surface area contributed by atoms with Crippen LogP contribution in [0.5, 0.6) is 11.5 Å². The Morgan fingerprint density at radius 1 is 0.867 bits per heavy atom. The molecule has 30 heavy (non-hydrogen) atoms. The molecular weight excluding hydrogens is 382 g/mol. The highest BCUT2D eigenvalue weighted by Gasteiger charge is 2.18. The maximum atomic E-state index is 12.9. The van der Waals surface area contributed by atoms with E-state index in [2.05, 4.69) is 5.32 Å². The average Bonchev–Trinajstić information content (AvgIpc) is 2.78. The fourth-order valence-corrected chi connectivity index (χ4v) is 3.27. The molecule has 0 unspecified atom stereocenters. The molecule has 0 spiro atoms. The van der Waals surface area contributed by atoms with Crippen LogP contribution in [-0.2, 0) is 0 Å². The standard InChI is InChI=1S/C24H19NO5/c1-28-20-11-6-12-21(29-2)23(20)24(27)25-16-8-5-7-15(13-16)22-14-18(26)17-9-3-4-10-19(17)30-22/h3-14H,1-2H3,(H,25,27). The van der Waals surface area contributed by atoms with Crippen molar-refractivity contribution in [3.8, 4) is 22.8 Å². The monoisotopic (exact) mass is 401 g/mol. The van der Waals surface area contributed by atoms with Crippen molar-refractivity contribution in [2.45, 2.75) is 0 Å². The third-order valence-electron chi connectivity index (χ3n) is 4.69. The molecule has 3 aromatic carbocycles. The maximum Gasteiger partial charge on any atom is 0.263 e. The van der Waals surface area contributed by atoms with Gasteiger partial charge in [0.05, 0.1) is 19.6 Å². The summed E-state index contributed by atoms with van der Waals surface area (Å²) in [6.07, 6.45) is 0. The highest BCUT2D eigenvalue weighted by Crippen LogP contribution is 2.30. The van der Waals surface area contributed by atoms with Crippen LogP contribution in [0.15, 0.2) is 82.0 Å². The fourth-order valence-electron chi connectivity index (χ4n) is 3.27. The van der Waals surface area contributed by atoms with Gasteiger partial charge < -0.3 is 19.2 Å². The number of nitrogens with one attached hydrogen (secondary N) is 1. The number of amides is 1. The van der Waals surface area contributed by atoms with Gasteiger partial charge in [-0.25, -0.2) is 0 Å². The van der Waals surface area contributed by atoms with Gasteiger partial charge in [-0.1, -0.05) is 30.3 Å². The van der Waals surface area contributed by atoms with Crippen molar-refractivity contribution in [3.63, 3.8) is 0 Å². The number of para-hydroxylation sites is 1. The Kier molecular flexibility index (Phi) is 5.22. The number of fused-ring (bicyclic) bond motifs is 1. The number of methoxy groups -OCH3 is 2. The second kappa shape index (κ2) is 8.13. The van der Waals surface area contributed by atoms with Gasteiger partial charge in [-0.2, -0.15) is 0 Å². The molecule has 150 valence electrons. The van der Waals surface area contributed by atoms with Crippen LogP contribution in [0.4, 0.5) is 5.69 Å². The summed E-state index contributed by atoms with van der Waals surface area (Å²) in [5.74, 6) is 0.859. The lowest BCUT2D eigenvalue weighted by Gasteiger charge is -2.13. The number of ether oxygens (including phenoxy) is 2. The molecule has 1 aromatic heterocycles. The first kappa shape index (κ1) is 19.3. The SMILES string of the molecule is COc1cccc(OC)c1C(=O)Nc1cccc(-c2cc(=O)c3ccccc3o2)c1. The molecule has 0 atom stereocenters. The quantitative estimate of drug-likeness (QED) is 0.523. The third kappa shape index (κ3) is 3.63. The lowest BCUT2D eigenvalue weighted by atomic mass is 10.1. The summed E-state index contributed by atoms with van der Waals surface area (Å²) < 4.78 is 16.5. The van der Waals surface area contributed by atoms with Crippen molar-refractivity contribution in [2.24, 2.45) is 0 Å². The van der Waals surface area contributed by atoms with Crippen LogP contribution < -0.4 is 20.2 Å². The first-order valence-corrected chi connectivity index (χ1v) is 9.26. The number of anilines is 1. The molecule has 0 fully saturated rings. The lowest BCUT2D eigenvalue weighted by Crippen LogP contribution is -2.14. The number of carbonyl (C=O) groups is 1. The van der Waals surface area contributed by atoms with Crippen LogP contribution in [0.3, 0.4) is 0 Å². The largest absolute Gasteiger partial charge is 0.496 e. The number of benzene rings is 3. The first-order valence-electron chi connectivity index (χ1n) is 9.26. The molecular formula is C24H19NO5. The molecule has 6 heteroatoms. The normalized spacial score (nSPS) is 10.6. The van der Waals surface area contributed by atoms with E-state index in [1.165, 1.54) is 20.3 Å². The lowest BCUT2D eigenvalue weighted by molar-refractivity contribution is 0.102. The Balaban J connectivity index is 1.69. The van der Waals surface area contributed by atoms with Crippen LogP contribution in [0.25, 0.3) is 22.3 Å². The van der Waals surface area contributed by atoms with E-state index >= 15 is 0 Å². The van der Waals surface area contributed by atoms with Crippen molar-refractivity contribution in [1.29, 1.82) is 0 Å². The highest BCUT2D eigenvalue weighted by atomic mass is 16.5. The zero-order chi connectivity index (χ0) is 21.1. The van der Waals surface area contributed by atoms with Gasteiger partial charge in [-0.3, -0.25) is 9.59 Å². The number of hydrogen-bond donors (Lipinski definition) is 1. The van der Waals surface area contributed by atoms with Crippen LogP contribution in [-0.4, -0.2) is 20.1 Å². The van der Waals surface area contributed by atoms with Crippen molar-refractivity contribution >= 4 is 22.6 Å². The predicted molar refractivity (Wildman–Crippen MR) is 115 cm³/mol. The van der Waals surface area contributed by atoms with Crippen LogP contribution in [0.2, 0.25) is 0 Å². The summed E-state index contributed by atoms with van der Waals surface area (Å²) in [6, 6.07) is 20.7. The van der Waals surface area contributed by atoms with E-state index in [1.807, 2.05) is 12.1 Å². The summed E-state index contributed by atoms with van der Waals surface area (Å²) in [5.41, 5.74) is 1.89. The van der Waals surface area contributed by atoms with Gasteiger partial charge >= 0.3 is 0 Å². The van der Waals surface area contributed by atoms with E-state index in [-0.39, 0.29) is 11.3 Å². The van der Waals surface area contributed by atoms with Crippen molar-refractivity contribution < 1.29 is 18.7 Å². The highest BCUT2D eigenvalue weighted by molar-refractivity contribution is 6.08. The van der Waals surface area contributed by atoms with E-state index in [0.717, 1.165) is 0 Å². The minimum atomic E-state index is -0.374. The van der Waals surface area contributed by atoms with Crippen LogP contribution in [0.1, 0.15) is 10.4 Å². The molecule has 6 nitrogen and oxygen atoms in total. The Morgan fingerprint density at radius 3 is 2.30 bits per heavy atom. The second-order valence-electron chi connectivity index (χ2n) is 6.54. The molecule has 0 aliphatic rings. The molecule has 1 heterocycles. The fraction of sp³-hybridized carbons (Fsp3) is 0.0833. The zero-order valence-electron chi connectivity index (χ0n) is 16.5. The molecule has 1 amide bonds. The summed E-state index contributed by atoms with van der Waals surface area (Å²) >= 11 is 0. The molecule has 0 radical (unpaired) electrons. The van der Waals surface area contributed by atoms with E-state index in [9.17, 15) is 9.59 Å². The minimum Gasteiger partial charge on any atom is -0.496 e. The molecule has 1 N–H and O–H groups in total. The molecule has 0 aliphatic carbocycles. The maximum absolute atomic E-state index is 12.9. The van der Waals surface area contributed by atoms with Gasteiger partial charge in [-0.15, -0.1) is 0 Å². The Labute approximate surface area is 172 Å². The zero-order valence-corrected chi connectivity index (χ0v) is 16.5. The van der Waals surface area contributed by atoms with Crippen molar-refractivity contribution in [1.82, 2.24) is 0 Å². The van der Waals surface area contributed by atoms with Crippen LogP contribution in [0, 0.1) is 0 Å². The molecule has 0 saturated heterocycles. The molecule has 4 aromatic rings. The minimum absolute atomic E-state index is 0.125. The summed E-state index contributed by atoms with van der Waals surface area (Å²) in [5, 5.41) is 3.37. The van der Waals surface area contributed by atoms with Gasteiger partial charge in [0.15, 0.2) is 5.43 Å². The Bertz CT molecular complexity index is 1270. The van der Waals surface area contributed by atoms with Gasteiger partial charge in [-0.05, 0) is 36.4 Å². The molecule has 0 bridgehead atoms. The molecule has 0 aliphatic heterocycles. The van der Waals surface area contributed by atoms with Gasteiger partial charge in [0.25, 0.3) is 5.91 Å². The van der Waals surface area contributed by atoms with Crippen molar-refractivity contribution in [3.05, 3.63) is 88.6 Å². The number of rotatable bonds is 5. The second-order valence-corrected chi connectivity index (χ2v) is 6.54. The first-order chi connectivity index (χ1) is 14.6. The average molecular weight is 401 g/mol. The number of carbonyl (C=O) groups excluding carboxylic acids is 1. The summed E-state index contributed by atoms with van der Waals surface area (Å²) in [6.45, 7) is 0. The summed E-state index contributed by atoms with van der Waals surface area (Å²) in [7, 11) is 2.99. The Morgan fingerprint density at radius 2 is 1.57 bits per heavy atom. The summed E-state index contributed by atoms with van der Waals surface area (Å²) in [4.78, 5) is 25.3. The van der Waals surface area contributed by atoms with E-state index < -0.39 is 0 Å². The van der Waals surface area contributed by atoms with Crippen LogP contribution >= 0.6 is 0 Å². The van der Waals surface area contributed by atoms with E-state index in [1.54, 1.807) is 54.6 Å². The van der Waals surface area contributed by atoms with E-state index in [0.29, 0.717) is 45.0 Å². The van der Waals surface area contributed by atoms with Gasteiger partial charge in [0.1, 0.15) is 28.4 Å². The molecule has 4 rings (SSSR count). The van der Waals surface area contributed by atoms with E-state index in [4.69, 9.17) is 13.9 Å². The van der Waals surface area contributed by atoms with Gasteiger partial charge in [0, 0.05) is 17.3 Å². The number of hydrogen-bond acceptors (Lipinski definition) is 5. The third-order valence-corrected chi connectivity index (χ3v) is 4.69. The predicted octanol–water partition coefficient (Wildman–Crippen LogP) is 4.73.